The molecule has 0 radical (unpaired) electrons. The zero-order valence-corrected chi connectivity index (χ0v) is 15.0. The molecule has 1 aromatic carbocycles. The largest absolute Gasteiger partial charge is 0.460 e. The SMILES string of the molecule is Cc1ccccc1C(=O)OCCOCCCCCCCC(C)C. The molecule has 0 spiro atoms. The van der Waals surface area contributed by atoms with Crippen molar-refractivity contribution in [1.82, 2.24) is 0 Å². The van der Waals surface area contributed by atoms with E-state index in [-0.39, 0.29) is 5.97 Å². The van der Waals surface area contributed by atoms with Gasteiger partial charge in [-0.2, -0.15) is 0 Å². The van der Waals surface area contributed by atoms with Crippen LogP contribution in [0.1, 0.15) is 68.3 Å². The summed E-state index contributed by atoms with van der Waals surface area (Å²) in [6.07, 6.45) is 7.61. The van der Waals surface area contributed by atoms with E-state index in [9.17, 15) is 4.79 Å². The molecule has 0 aromatic heterocycles. The fraction of sp³-hybridized carbons (Fsp3) is 0.650. The Morgan fingerprint density at radius 1 is 0.957 bits per heavy atom. The van der Waals surface area contributed by atoms with Gasteiger partial charge in [-0.15, -0.1) is 0 Å². The van der Waals surface area contributed by atoms with Crippen LogP contribution >= 0.6 is 0 Å². The van der Waals surface area contributed by atoms with Gasteiger partial charge in [0.05, 0.1) is 12.2 Å². The smallest absolute Gasteiger partial charge is 0.338 e. The van der Waals surface area contributed by atoms with Crippen molar-refractivity contribution in [2.24, 2.45) is 5.92 Å². The van der Waals surface area contributed by atoms with Crippen LogP contribution in [0.15, 0.2) is 24.3 Å². The Morgan fingerprint density at radius 3 is 2.39 bits per heavy atom. The molecule has 130 valence electrons. The first kappa shape index (κ1) is 19.7. The zero-order valence-electron chi connectivity index (χ0n) is 15.0. The zero-order chi connectivity index (χ0) is 16.9. The van der Waals surface area contributed by atoms with Crippen molar-refractivity contribution in [2.75, 3.05) is 19.8 Å². The third-order valence-electron chi connectivity index (χ3n) is 3.90. The Labute approximate surface area is 141 Å². The van der Waals surface area contributed by atoms with E-state index in [4.69, 9.17) is 9.47 Å². The molecule has 23 heavy (non-hydrogen) atoms. The molecule has 1 aromatic rings. The second kappa shape index (κ2) is 12.1. The summed E-state index contributed by atoms with van der Waals surface area (Å²) >= 11 is 0. The first-order valence-corrected chi connectivity index (χ1v) is 8.91. The second-order valence-electron chi connectivity index (χ2n) is 6.51. The first-order chi connectivity index (χ1) is 11.1. The fourth-order valence-electron chi connectivity index (χ4n) is 2.46. The van der Waals surface area contributed by atoms with Crippen molar-refractivity contribution >= 4 is 5.97 Å². The van der Waals surface area contributed by atoms with E-state index >= 15 is 0 Å². The van der Waals surface area contributed by atoms with Gasteiger partial charge in [-0.3, -0.25) is 0 Å². The summed E-state index contributed by atoms with van der Waals surface area (Å²) in [6.45, 7) is 8.02. The van der Waals surface area contributed by atoms with E-state index in [0.717, 1.165) is 24.5 Å². The van der Waals surface area contributed by atoms with Crippen LogP contribution in [-0.2, 0) is 9.47 Å². The van der Waals surface area contributed by atoms with Gasteiger partial charge in [-0.25, -0.2) is 4.79 Å². The molecule has 0 fully saturated rings. The maximum atomic E-state index is 11.9. The quantitative estimate of drug-likeness (QED) is 0.394. The molecule has 3 nitrogen and oxygen atoms in total. The van der Waals surface area contributed by atoms with Gasteiger partial charge in [0.1, 0.15) is 6.61 Å². The number of aryl methyl sites for hydroxylation is 1. The van der Waals surface area contributed by atoms with Gasteiger partial charge in [0.25, 0.3) is 0 Å². The minimum atomic E-state index is -0.267. The van der Waals surface area contributed by atoms with Crippen LogP contribution in [0.3, 0.4) is 0 Å². The Kier molecular flexibility index (Phi) is 10.4. The predicted molar refractivity (Wildman–Crippen MR) is 94.8 cm³/mol. The minimum absolute atomic E-state index is 0.267. The van der Waals surface area contributed by atoms with E-state index in [2.05, 4.69) is 13.8 Å². The Morgan fingerprint density at radius 2 is 1.65 bits per heavy atom. The number of benzene rings is 1. The van der Waals surface area contributed by atoms with Crippen molar-refractivity contribution in [2.45, 2.75) is 59.3 Å². The number of carbonyl (C=O) groups is 1. The lowest BCUT2D eigenvalue weighted by atomic mass is 10.0. The highest BCUT2D eigenvalue weighted by atomic mass is 16.6. The highest BCUT2D eigenvalue weighted by Crippen LogP contribution is 2.10. The van der Waals surface area contributed by atoms with E-state index in [1.807, 2.05) is 25.1 Å². The molecule has 0 aliphatic heterocycles. The first-order valence-electron chi connectivity index (χ1n) is 8.91. The van der Waals surface area contributed by atoms with Gasteiger partial charge >= 0.3 is 5.97 Å². The summed E-state index contributed by atoms with van der Waals surface area (Å²) < 4.78 is 10.7. The third kappa shape index (κ3) is 9.39. The van der Waals surface area contributed by atoms with E-state index in [1.165, 1.54) is 32.1 Å². The number of carbonyl (C=O) groups excluding carboxylic acids is 1. The summed E-state index contributed by atoms with van der Waals surface area (Å²) in [7, 11) is 0. The van der Waals surface area contributed by atoms with E-state index in [0.29, 0.717) is 18.8 Å². The second-order valence-corrected chi connectivity index (χ2v) is 6.51. The average molecular weight is 320 g/mol. The van der Waals surface area contributed by atoms with Crippen LogP contribution in [0.25, 0.3) is 0 Å². The van der Waals surface area contributed by atoms with E-state index in [1.54, 1.807) is 6.07 Å². The number of esters is 1. The molecular weight excluding hydrogens is 288 g/mol. The van der Waals surface area contributed by atoms with Gasteiger partial charge in [0, 0.05) is 6.61 Å². The Bertz CT molecular complexity index is 440. The lowest BCUT2D eigenvalue weighted by Gasteiger charge is -2.08. The summed E-state index contributed by atoms with van der Waals surface area (Å²) in [5.74, 6) is 0.553. The molecule has 0 amide bonds. The highest BCUT2D eigenvalue weighted by molar-refractivity contribution is 5.90. The summed E-state index contributed by atoms with van der Waals surface area (Å²) in [5.41, 5.74) is 1.57. The van der Waals surface area contributed by atoms with Crippen molar-refractivity contribution < 1.29 is 14.3 Å². The van der Waals surface area contributed by atoms with Crippen LogP contribution in [0.4, 0.5) is 0 Å². The number of unbranched alkanes of at least 4 members (excludes halogenated alkanes) is 4. The summed E-state index contributed by atoms with van der Waals surface area (Å²) in [4.78, 5) is 11.9. The molecule has 0 saturated carbocycles. The van der Waals surface area contributed by atoms with Gasteiger partial charge in [0.15, 0.2) is 0 Å². The Balaban J connectivity index is 1.94. The molecule has 0 atom stereocenters. The lowest BCUT2D eigenvalue weighted by molar-refractivity contribution is 0.0311. The van der Waals surface area contributed by atoms with Crippen molar-refractivity contribution in [1.29, 1.82) is 0 Å². The maximum absolute atomic E-state index is 11.9. The average Bonchev–Trinajstić information content (AvgIpc) is 2.52. The van der Waals surface area contributed by atoms with Crippen LogP contribution in [0.5, 0.6) is 0 Å². The van der Waals surface area contributed by atoms with Gasteiger partial charge in [-0.05, 0) is 30.9 Å². The van der Waals surface area contributed by atoms with Crippen LogP contribution in [0, 0.1) is 12.8 Å². The van der Waals surface area contributed by atoms with Crippen molar-refractivity contribution in [3.8, 4) is 0 Å². The number of rotatable bonds is 12. The number of ether oxygens (including phenoxy) is 2. The van der Waals surface area contributed by atoms with Crippen LogP contribution in [0.2, 0.25) is 0 Å². The third-order valence-corrected chi connectivity index (χ3v) is 3.90. The van der Waals surface area contributed by atoms with Crippen LogP contribution in [-0.4, -0.2) is 25.8 Å². The van der Waals surface area contributed by atoms with Gasteiger partial charge in [0.2, 0.25) is 0 Å². The molecule has 0 bridgehead atoms. The molecule has 0 saturated heterocycles. The van der Waals surface area contributed by atoms with Crippen molar-refractivity contribution in [3.63, 3.8) is 0 Å². The fourth-order valence-corrected chi connectivity index (χ4v) is 2.46. The standard InChI is InChI=1S/C20H32O3/c1-17(2)11-7-5-4-6-10-14-22-15-16-23-20(21)19-13-9-8-12-18(19)3/h8-9,12-13,17H,4-7,10-11,14-16H2,1-3H3. The molecule has 3 heteroatoms. The highest BCUT2D eigenvalue weighted by Gasteiger charge is 2.08. The normalized spacial score (nSPS) is 11.0. The van der Waals surface area contributed by atoms with E-state index < -0.39 is 0 Å². The van der Waals surface area contributed by atoms with Gasteiger partial charge < -0.3 is 9.47 Å². The molecular formula is C20H32O3. The number of hydrogen-bond donors (Lipinski definition) is 0. The molecule has 0 unspecified atom stereocenters. The molecule has 1 rings (SSSR count). The van der Waals surface area contributed by atoms with Crippen LogP contribution < -0.4 is 0 Å². The molecule has 0 aliphatic rings. The molecule has 0 aliphatic carbocycles. The maximum Gasteiger partial charge on any atom is 0.338 e. The molecule has 0 N–H and O–H groups in total. The predicted octanol–water partition coefficient (Wildman–Crippen LogP) is 5.17. The number of hydrogen-bond acceptors (Lipinski definition) is 3. The summed E-state index contributed by atoms with van der Waals surface area (Å²) in [6, 6.07) is 7.46. The minimum Gasteiger partial charge on any atom is -0.460 e. The monoisotopic (exact) mass is 320 g/mol. The summed E-state index contributed by atoms with van der Waals surface area (Å²) in [5, 5.41) is 0. The topological polar surface area (TPSA) is 35.5 Å². The molecule has 0 heterocycles. The lowest BCUT2D eigenvalue weighted by Crippen LogP contribution is -2.12. The van der Waals surface area contributed by atoms with Crippen molar-refractivity contribution in [3.05, 3.63) is 35.4 Å². The Hall–Kier alpha value is -1.35. The van der Waals surface area contributed by atoms with Gasteiger partial charge in [-0.1, -0.05) is 64.2 Å².